The minimum Gasteiger partial charge on any atom is -0.548 e. The summed E-state index contributed by atoms with van der Waals surface area (Å²) in [4.78, 5) is 25.0. The van der Waals surface area contributed by atoms with Crippen LogP contribution in [0.1, 0.15) is 19.4 Å². The lowest BCUT2D eigenvalue weighted by Gasteiger charge is -2.30. The average Bonchev–Trinajstić information content (AvgIpc) is 2.66. The standard InChI is InChI=1S/C15H14FNO3S2/c1-8(2)12(14(19)20)17-13(18)11(22-15(17)21)7-9-4-3-5-10(16)6-9/h3-8,12H,1-2H3,(H,19,20)/p-1/b11-7-/t12-/m0/s1. The van der Waals surface area contributed by atoms with Crippen molar-refractivity contribution in [3.63, 3.8) is 0 Å². The molecule has 1 aromatic rings. The van der Waals surface area contributed by atoms with E-state index in [1.54, 1.807) is 19.9 Å². The van der Waals surface area contributed by atoms with Crippen LogP contribution in [0.15, 0.2) is 29.2 Å². The van der Waals surface area contributed by atoms with Crippen molar-refractivity contribution < 1.29 is 19.1 Å². The molecule has 1 fully saturated rings. The molecule has 2 rings (SSSR count). The highest BCUT2D eigenvalue weighted by atomic mass is 32.2. The predicted molar refractivity (Wildman–Crippen MR) is 85.0 cm³/mol. The van der Waals surface area contributed by atoms with Gasteiger partial charge in [-0.3, -0.25) is 9.69 Å². The van der Waals surface area contributed by atoms with Crippen LogP contribution < -0.4 is 5.11 Å². The number of halogens is 1. The van der Waals surface area contributed by atoms with Crippen LogP contribution in [0.4, 0.5) is 4.39 Å². The Hall–Kier alpha value is -1.73. The highest BCUT2D eigenvalue weighted by Gasteiger charge is 2.38. The monoisotopic (exact) mass is 338 g/mol. The minimum atomic E-state index is -1.35. The fourth-order valence-corrected chi connectivity index (χ4v) is 3.47. The topological polar surface area (TPSA) is 60.4 Å². The zero-order chi connectivity index (χ0) is 16.4. The highest BCUT2D eigenvalue weighted by Crippen LogP contribution is 2.35. The van der Waals surface area contributed by atoms with Crippen molar-refractivity contribution >= 4 is 46.3 Å². The molecule has 0 aromatic heterocycles. The Morgan fingerprint density at radius 2 is 2.14 bits per heavy atom. The second kappa shape index (κ2) is 6.58. The SMILES string of the molecule is CC(C)[C@@H](C(=O)[O-])N1C(=O)/C(=C/c2cccc(F)c2)SC1=S. The van der Waals surface area contributed by atoms with Gasteiger partial charge >= 0.3 is 0 Å². The van der Waals surface area contributed by atoms with E-state index in [-0.39, 0.29) is 15.1 Å². The predicted octanol–water partition coefficient (Wildman–Crippen LogP) is 1.80. The molecule has 1 aliphatic heterocycles. The number of hydrogen-bond acceptors (Lipinski definition) is 5. The van der Waals surface area contributed by atoms with Crippen LogP contribution in [0.2, 0.25) is 0 Å². The van der Waals surface area contributed by atoms with Crippen molar-refractivity contribution in [3.05, 3.63) is 40.6 Å². The van der Waals surface area contributed by atoms with Gasteiger partial charge in [0.2, 0.25) is 0 Å². The van der Waals surface area contributed by atoms with Crippen molar-refractivity contribution in [1.82, 2.24) is 4.90 Å². The van der Waals surface area contributed by atoms with Crippen molar-refractivity contribution in [3.8, 4) is 0 Å². The Kier molecular flexibility index (Phi) is 4.97. The van der Waals surface area contributed by atoms with Crippen molar-refractivity contribution in [1.29, 1.82) is 0 Å². The van der Waals surface area contributed by atoms with E-state index in [0.29, 0.717) is 5.56 Å². The van der Waals surface area contributed by atoms with Crippen molar-refractivity contribution in [2.75, 3.05) is 0 Å². The van der Waals surface area contributed by atoms with Gasteiger partial charge in [0.25, 0.3) is 5.91 Å². The van der Waals surface area contributed by atoms with Crippen LogP contribution in [-0.4, -0.2) is 27.1 Å². The average molecular weight is 338 g/mol. The first-order valence-electron chi connectivity index (χ1n) is 6.54. The molecule has 7 heteroatoms. The molecule has 1 heterocycles. The number of aliphatic carboxylic acids is 1. The van der Waals surface area contributed by atoms with Gasteiger partial charge < -0.3 is 9.90 Å². The van der Waals surface area contributed by atoms with E-state index >= 15 is 0 Å². The Bertz CT molecular complexity index is 673. The van der Waals surface area contributed by atoms with Crippen molar-refractivity contribution in [2.24, 2.45) is 5.92 Å². The zero-order valence-electron chi connectivity index (χ0n) is 11.9. The smallest absolute Gasteiger partial charge is 0.266 e. The first-order valence-corrected chi connectivity index (χ1v) is 7.77. The van der Waals surface area contributed by atoms with Gasteiger partial charge in [0.05, 0.1) is 16.9 Å². The van der Waals surface area contributed by atoms with Gasteiger partial charge in [0, 0.05) is 0 Å². The minimum absolute atomic E-state index is 0.163. The fourth-order valence-electron chi connectivity index (χ4n) is 2.14. The second-order valence-electron chi connectivity index (χ2n) is 5.11. The van der Waals surface area contributed by atoms with E-state index in [1.165, 1.54) is 24.3 Å². The number of nitrogens with zero attached hydrogens (tertiary/aromatic N) is 1. The van der Waals surface area contributed by atoms with Gasteiger partial charge in [0.15, 0.2) is 0 Å². The summed E-state index contributed by atoms with van der Waals surface area (Å²) in [6, 6.07) is 4.64. The summed E-state index contributed by atoms with van der Waals surface area (Å²) in [6.07, 6.45) is 1.50. The molecule has 0 saturated carbocycles. The first-order chi connectivity index (χ1) is 10.3. The number of carboxylic acids is 1. The van der Waals surface area contributed by atoms with Crippen LogP contribution in [0, 0.1) is 11.7 Å². The number of thioether (sulfide) groups is 1. The molecule has 1 aliphatic rings. The molecule has 4 nitrogen and oxygen atoms in total. The third kappa shape index (κ3) is 3.36. The largest absolute Gasteiger partial charge is 0.548 e. The maximum absolute atomic E-state index is 13.2. The molecule has 116 valence electrons. The molecule has 1 saturated heterocycles. The number of carbonyl (C=O) groups is 2. The Balaban J connectivity index is 2.34. The molecule has 0 aliphatic carbocycles. The van der Waals surface area contributed by atoms with Crippen LogP contribution in [0.3, 0.4) is 0 Å². The highest BCUT2D eigenvalue weighted by molar-refractivity contribution is 8.26. The van der Waals surface area contributed by atoms with Crippen LogP contribution in [0.5, 0.6) is 0 Å². The van der Waals surface area contributed by atoms with Gasteiger partial charge in [-0.1, -0.05) is 50.0 Å². The summed E-state index contributed by atoms with van der Waals surface area (Å²) < 4.78 is 13.4. The van der Waals surface area contributed by atoms with E-state index in [4.69, 9.17) is 12.2 Å². The number of carbonyl (C=O) groups excluding carboxylic acids is 2. The van der Waals surface area contributed by atoms with E-state index in [0.717, 1.165) is 16.7 Å². The molecule has 0 unspecified atom stereocenters. The van der Waals surface area contributed by atoms with Gasteiger partial charge in [-0.15, -0.1) is 0 Å². The van der Waals surface area contributed by atoms with Gasteiger partial charge in [-0.25, -0.2) is 4.39 Å². The number of amides is 1. The third-order valence-corrected chi connectivity index (χ3v) is 4.45. The lowest BCUT2D eigenvalue weighted by molar-refractivity contribution is -0.311. The summed E-state index contributed by atoms with van der Waals surface area (Å²) >= 11 is 6.11. The number of benzene rings is 1. The summed E-state index contributed by atoms with van der Waals surface area (Å²) in [7, 11) is 0. The molecule has 1 amide bonds. The lowest BCUT2D eigenvalue weighted by atomic mass is 10.0. The Labute approximate surface area is 137 Å². The van der Waals surface area contributed by atoms with Gasteiger partial charge in [-0.05, 0) is 29.7 Å². The summed E-state index contributed by atoms with van der Waals surface area (Å²) in [5, 5.41) is 11.3. The van der Waals surface area contributed by atoms with Crippen LogP contribution in [0.25, 0.3) is 6.08 Å². The number of rotatable bonds is 4. The third-order valence-electron chi connectivity index (χ3n) is 3.12. The number of hydrogen-bond donors (Lipinski definition) is 0. The summed E-state index contributed by atoms with van der Waals surface area (Å²) in [6.45, 7) is 3.35. The second-order valence-corrected chi connectivity index (χ2v) is 6.79. The first kappa shape index (κ1) is 16.6. The van der Waals surface area contributed by atoms with E-state index in [2.05, 4.69) is 0 Å². The van der Waals surface area contributed by atoms with E-state index < -0.39 is 23.7 Å². The molecular formula is C15H13FNO3S2-. The van der Waals surface area contributed by atoms with Crippen LogP contribution in [-0.2, 0) is 9.59 Å². The van der Waals surface area contributed by atoms with Crippen molar-refractivity contribution in [2.45, 2.75) is 19.9 Å². The summed E-state index contributed by atoms with van der Waals surface area (Å²) in [5.74, 6) is -2.61. The maximum atomic E-state index is 13.2. The molecule has 0 spiro atoms. The lowest BCUT2D eigenvalue weighted by Crippen LogP contribution is -2.52. The number of carboxylic acid groups (broad SMARTS) is 1. The Morgan fingerprint density at radius 1 is 1.45 bits per heavy atom. The Morgan fingerprint density at radius 3 is 2.68 bits per heavy atom. The molecule has 0 bridgehead atoms. The normalized spacial score (nSPS) is 18.4. The van der Waals surface area contributed by atoms with E-state index in [9.17, 15) is 19.1 Å². The zero-order valence-corrected chi connectivity index (χ0v) is 13.5. The van der Waals surface area contributed by atoms with Crippen LogP contribution >= 0.6 is 24.0 Å². The molecule has 1 atom stereocenters. The molecule has 0 radical (unpaired) electrons. The van der Waals surface area contributed by atoms with Gasteiger partial charge in [-0.2, -0.15) is 0 Å². The van der Waals surface area contributed by atoms with Gasteiger partial charge in [0.1, 0.15) is 10.1 Å². The van der Waals surface area contributed by atoms with E-state index in [1.807, 2.05) is 0 Å². The molecule has 1 aromatic carbocycles. The maximum Gasteiger partial charge on any atom is 0.266 e. The molecule has 22 heavy (non-hydrogen) atoms. The fraction of sp³-hybridized carbons (Fsp3) is 0.267. The quantitative estimate of drug-likeness (QED) is 0.619. The summed E-state index contributed by atoms with van der Waals surface area (Å²) in [5.41, 5.74) is 0.509. The molecular weight excluding hydrogens is 325 g/mol. The molecule has 0 N–H and O–H groups in total. The number of thiocarbonyl (C=S) groups is 1.